The van der Waals surface area contributed by atoms with E-state index in [4.69, 9.17) is 9.05 Å². The molecule has 0 spiro atoms. The number of rotatable bonds is 64. The van der Waals surface area contributed by atoms with E-state index in [1.54, 1.807) is 0 Å². The third-order valence-electron chi connectivity index (χ3n) is 16.1. The number of phosphoric acid groups is 1. The van der Waals surface area contributed by atoms with Gasteiger partial charge in [-0.15, -0.1) is 0 Å². The number of unbranched alkanes of at least 4 members (excludes halogenated alkanes) is 51. The Morgan fingerprint density at radius 1 is 0.413 bits per heavy atom. The second-order valence-electron chi connectivity index (χ2n) is 24.9. The van der Waals surface area contributed by atoms with Gasteiger partial charge in [0.05, 0.1) is 39.9 Å². The molecule has 0 saturated heterocycles. The number of hydrogen-bond donors (Lipinski definition) is 2. The molecule has 0 bridgehead atoms. The second kappa shape index (κ2) is 58.2. The van der Waals surface area contributed by atoms with Crippen molar-refractivity contribution in [2.75, 3.05) is 40.9 Å². The van der Waals surface area contributed by atoms with Gasteiger partial charge in [-0.05, 0) is 12.8 Å². The predicted molar refractivity (Wildman–Crippen MR) is 326 cm³/mol. The van der Waals surface area contributed by atoms with Gasteiger partial charge in [0, 0.05) is 6.42 Å². The quantitative estimate of drug-likeness (QED) is 0.0357. The molecule has 2 N–H and O–H groups in total. The lowest BCUT2D eigenvalue weighted by Gasteiger charge is -2.30. The zero-order valence-corrected chi connectivity index (χ0v) is 52.4. The summed E-state index contributed by atoms with van der Waals surface area (Å²) in [4.78, 5) is 25.6. The van der Waals surface area contributed by atoms with Crippen molar-refractivity contribution >= 4 is 13.7 Å². The van der Waals surface area contributed by atoms with Gasteiger partial charge in [0.2, 0.25) is 5.91 Å². The summed E-state index contributed by atoms with van der Waals surface area (Å²) in [5, 5.41) is 14.1. The Labute approximate surface area is 470 Å². The number of aliphatic hydroxyl groups is 1. The van der Waals surface area contributed by atoms with Crippen LogP contribution in [-0.4, -0.2) is 68.5 Å². The van der Waals surface area contributed by atoms with E-state index >= 15 is 0 Å². The molecule has 3 atom stereocenters. The van der Waals surface area contributed by atoms with E-state index in [2.05, 4.69) is 19.2 Å². The van der Waals surface area contributed by atoms with Gasteiger partial charge < -0.3 is 28.8 Å². The van der Waals surface area contributed by atoms with Gasteiger partial charge in [-0.3, -0.25) is 9.36 Å². The van der Waals surface area contributed by atoms with Crippen LogP contribution in [0.4, 0.5) is 0 Å². The number of carbonyl (C=O) groups excluding carboxylic acids is 1. The highest BCUT2D eigenvalue weighted by molar-refractivity contribution is 7.45. The van der Waals surface area contributed by atoms with Crippen molar-refractivity contribution in [3.8, 4) is 0 Å². The number of carbonyl (C=O) groups is 1. The summed E-state index contributed by atoms with van der Waals surface area (Å²) in [5.41, 5.74) is 0. The van der Waals surface area contributed by atoms with Gasteiger partial charge in [-0.2, -0.15) is 0 Å². The maximum Gasteiger partial charge on any atom is 0.268 e. The van der Waals surface area contributed by atoms with Gasteiger partial charge >= 0.3 is 0 Å². The van der Waals surface area contributed by atoms with E-state index in [0.717, 1.165) is 38.5 Å². The van der Waals surface area contributed by atoms with E-state index < -0.39 is 20.0 Å². The average molecular weight is 1080 g/mol. The SMILES string of the molecule is CCCCCCCCCCCCCCCCCCCCCCCCCCCCCCCCCCCCC(=O)NC(COP(=O)([O-])OCC[N+](C)(C)C)C(O)CCCCCCCCCCCCCCCCCCCCC. The van der Waals surface area contributed by atoms with Gasteiger partial charge in [-0.25, -0.2) is 0 Å². The Kier molecular flexibility index (Phi) is 57.8. The molecule has 0 fully saturated rings. The number of aliphatic hydroxyl groups excluding tert-OH is 1. The van der Waals surface area contributed by atoms with Crippen molar-refractivity contribution < 1.29 is 32.9 Å². The number of nitrogens with one attached hydrogen (secondary N) is 1. The van der Waals surface area contributed by atoms with Crippen LogP contribution in [0.3, 0.4) is 0 Å². The van der Waals surface area contributed by atoms with Crippen LogP contribution in [0, 0.1) is 0 Å². The highest BCUT2D eigenvalue weighted by Crippen LogP contribution is 2.38. The molecule has 0 rings (SSSR count). The first-order chi connectivity index (χ1) is 36.5. The lowest BCUT2D eigenvalue weighted by molar-refractivity contribution is -0.870. The van der Waals surface area contributed by atoms with Crippen molar-refractivity contribution in [1.82, 2.24) is 5.32 Å². The number of amides is 1. The molecule has 0 aliphatic carbocycles. The molecule has 9 heteroatoms. The molecule has 0 radical (unpaired) electrons. The molecule has 0 aromatic carbocycles. The largest absolute Gasteiger partial charge is 0.756 e. The minimum Gasteiger partial charge on any atom is -0.756 e. The number of hydrogen-bond acceptors (Lipinski definition) is 6. The molecule has 0 aromatic rings. The minimum atomic E-state index is -4.57. The third-order valence-corrected chi connectivity index (χ3v) is 17.1. The molecule has 75 heavy (non-hydrogen) atoms. The fourth-order valence-corrected chi connectivity index (χ4v) is 11.5. The van der Waals surface area contributed by atoms with Crippen LogP contribution < -0.4 is 10.2 Å². The normalized spacial score (nSPS) is 13.6. The first-order valence-electron chi connectivity index (χ1n) is 33.9. The molecule has 3 unspecified atom stereocenters. The van der Waals surface area contributed by atoms with Crippen molar-refractivity contribution in [2.24, 2.45) is 0 Å². The van der Waals surface area contributed by atoms with Crippen LogP contribution in [0.25, 0.3) is 0 Å². The van der Waals surface area contributed by atoms with E-state index in [0.29, 0.717) is 23.9 Å². The predicted octanol–water partition coefficient (Wildman–Crippen LogP) is 20.5. The maximum absolute atomic E-state index is 13.0. The van der Waals surface area contributed by atoms with Crippen LogP contribution in [0.1, 0.15) is 367 Å². The highest BCUT2D eigenvalue weighted by atomic mass is 31.2. The fraction of sp³-hybridized carbons (Fsp3) is 0.985. The number of quaternary nitrogens is 1. The van der Waals surface area contributed by atoms with E-state index in [1.165, 1.54) is 302 Å². The second-order valence-corrected chi connectivity index (χ2v) is 26.3. The van der Waals surface area contributed by atoms with Crippen LogP contribution in [0.15, 0.2) is 0 Å². The average Bonchev–Trinajstić information content (AvgIpc) is 3.37. The Morgan fingerprint density at radius 3 is 0.907 bits per heavy atom. The van der Waals surface area contributed by atoms with Crippen molar-refractivity contribution in [1.29, 1.82) is 0 Å². The fourth-order valence-electron chi connectivity index (χ4n) is 10.8. The zero-order chi connectivity index (χ0) is 54.9. The van der Waals surface area contributed by atoms with Crippen molar-refractivity contribution in [2.45, 2.75) is 379 Å². The Morgan fingerprint density at radius 2 is 0.653 bits per heavy atom. The van der Waals surface area contributed by atoms with Gasteiger partial charge in [0.15, 0.2) is 0 Å². The number of nitrogens with zero attached hydrogens (tertiary/aromatic N) is 1. The smallest absolute Gasteiger partial charge is 0.268 e. The standard InChI is InChI=1S/C66H135N2O6P/c1-6-8-10-12-14-16-18-20-22-24-26-27-28-29-30-31-32-33-34-35-36-37-38-39-40-42-44-46-48-50-52-54-56-58-60-66(70)67-64(63-74-75(71,72)73-62-61-68(3,4)5)65(69)59-57-55-53-51-49-47-45-43-41-25-23-21-19-17-15-13-11-9-7-2/h64-65,69H,6-63H2,1-5H3,(H-,67,70,71,72). The van der Waals surface area contributed by atoms with Crippen molar-refractivity contribution in [3.05, 3.63) is 0 Å². The summed E-state index contributed by atoms with van der Waals surface area (Å²) in [7, 11) is 1.33. The highest BCUT2D eigenvalue weighted by Gasteiger charge is 2.24. The van der Waals surface area contributed by atoms with E-state index in [-0.39, 0.29) is 19.1 Å². The zero-order valence-electron chi connectivity index (χ0n) is 51.5. The molecule has 0 aromatic heterocycles. The monoisotopic (exact) mass is 1080 g/mol. The lowest BCUT2D eigenvalue weighted by atomic mass is 10.0. The molecule has 0 aliphatic heterocycles. The molecular weight excluding hydrogens is 948 g/mol. The molecular formula is C66H135N2O6P. The van der Waals surface area contributed by atoms with Crippen LogP contribution in [-0.2, 0) is 18.4 Å². The minimum absolute atomic E-state index is 0.0168. The summed E-state index contributed by atoms with van der Waals surface area (Å²) in [6.45, 7) is 4.79. The van der Waals surface area contributed by atoms with Crippen LogP contribution in [0.2, 0.25) is 0 Å². The summed E-state index contributed by atoms with van der Waals surface area (Å²) >= 11 is 0. The van der Waals surface area contributed by atoms with E-state index in [1.807, 2.05) is 21.1 Å². The van der Waals surface area contributed by atoms with Gasteiger partial charge in [-0.1, -0.05) is 348 Å². The molecule has 0 saturated carbocycles. The Bertz CT molecular complexity index is 1180. The molecule has 0 aliphatic rings. The first-order valence-corrected chi connectivity index (χ1v) is 35.3. The Hall–Kier alpha value is -0.500. The maximum atomic E-state index is 13.0. The third kappa shape index (κ3) is 61.0. The topological polar surface area (TPSA) is 108 Å². The van der Waals surface area contributed by atoms with Crippen LogP contribution in [0.5, 0.6) is 0 Å². The molecule has 8 nitrogen and oxygen atoms in total. The van der Waals surface area contributed by atoms with Gasteiger partial charge in [0.1, 0.15) is 13.2 Å². The summed E-state index contributed by atoms with van der Waals surface area (Å²) < 4.78 is 23.5. The van der Waals surface area contributed by atoms with Crippen LogP contribution >= 0.6 is 7.82 Å². The van der Waals surface area contributed by atoms with E-state index in [9.17, 15) is 19.4 Å². The van der Waals surface area contributed by atoms with Gasteiger partial charge in [0.25, 0.3) is 7.82 Å². The summed E-state index contributed by atoms with van der Waals surface area (Å²) in [6.07, 6.45) is 71.8. The first kappa shape index (κ1) is 74.5. The Balaban J connectivity index is 3.93. The number of likely N-dealkylation sites (N-methyl/N-ethyl adjacent to an activating group) is 1. The summed E-state index contributed by atoms with van der Waals surface area (Å²) in [6, 6.07) is -0.796. The molecule has 450 valence electrons. The number of phosphoric ester groups is 1. The molecule has 1 amide bonds. The lowest BCUT2D eigenvalue weighted by Crippen LogP contribution is -2.46. The summed E-state index contributed by atoms with van der Waals surface area (Å²) in [5.74, 6) is -0.154. The van der Waals surface area contributed by atoms with Crippen molar-refractivity contribution in [3.63, 3.8) is 0 Å². The molecule has 0 heterocycles.